The maximum Gasteiger partial charge on any atom is 0.286 e. The molecule has 0 aliphatic carbocycles. The molecule has 138 valence electrons. The van der Waals surface area contributed by atoms with E-state index in [1.807, 2.05) is 36.4 Å². The van der Waals surface area contributed by atoms with Gasteiger partial charge in [0.25, 0.3) is 11.6 Å². The lowest BCUT2D eigenvalue weighted by Gasteiger charge is -2.27. The first-order valence-corrected chi connectivity index (χ1v) is 8.75. The highest BCUT2D eigenvalue weighted by Gasteiger charge is 2.29. The highest BCUT2D eigenvalue weighted by molar-refractivity contribution is 5.99. The number of amides is 1. The summed E-state index contributed by atoms with van der Waals surface area (Å²) in [5.41, 5.74) is 2.08. The average molecular weight is 366 g/mol. The van der Waals surface area contributed by atoms with Crippen molar-refractivity contribution >= 4 is 17.2 Å². The molecule has 7 nitrogen and oxygen atoms in total. The predicted molar refractivity (Wildman–Crippen MR) is 99.0 cm³/mol. The number of nitro groups is 1. The number of carbonyl (C=O) groups excluding carboxylic acids is 1. The maximum atomic E-state index is 12.9. The molecule has 0 unspecified atom stereocenters. The summed E-state index contributed by atoms with van der Waals surface area (Å²) in [5, 5.41) is 11.5. The summed E-state index contributed by atoms with van der Waals surface area (Å²) in [6, 6.07) is 12.7. The summed E-state index contributed by atoms with van der Waals surface area (Å²) in [7, 11) is 0. The molecule has 0 atom stereocenters. The number of ether oxygens (including phenoxy) is 2. The van der Waals surface area contributed by atoms with E-state index in [9.17, 15) is 14.9 Å². The zero-order chi connectivity index (χ0) is 18.8. The fourth-order valence-corrected chi connectivity index (χ4v) is 3.34. The molecule has 0 aromatic heterocycles. The largest absolute Gasteiger partial charge is 0.486 e. The predicted octanol–water partition coefficient (Wildman–Crippen LogP) is 3.30. The second kappa shape index (κ2) is 7.11. The number of carbonyl (C=O) groups is 1. The Kier molecular flexibility index (Phi) is 4.50. The van der Waals surface area contributed by atoms with Crippen LogP contribution >= 0.6 is 0 Å². The molecule has 0 saturated heterocycles. The molecule has 2 aliphatic heterocycles. The van der Waals surface area contributed by atoms with E-state index in [1.54, 1.807) is 4.90 Å². The SMILES string of the molecule is O=C(c1cc2c(cc1[N+](=O)[O-])OCCO2)N1CC=C(c2ccccc2)CC1. The Bertz CT molecular complexity index is 923. The van der Waals surface area contributed by atoms with Crippen LogP contribution in [0.5, 0.6) is 11.5 Å². The molecule has 1 amide bonds. The smallest absolute Gasteiger partial charge is 0.286 e. The second-order valence-electron chi connectivity index (χ2n) is 6.37. The molecule has 0 bridgehead atoms. The van der Waals surface area contributed by atoms with Crippen molar-refractivity contribution in [3.63, 3.8) is 0 Å². The van der Waals surface area contributed by atoms with E-state index in [0.29, 0.717) is 44.2 Å². The third-order valence-corrected chi connectivity index (χ3v) is 4.73. The molecule has 0 spiro atoms. The summed E-state index contributed by atoms with van der Waals surface area (Å²) in [6.45, 7) is 1.60. The molecule has 4 rings (SSSR count). The van der Waals surface area contributed by atoms with Crippen molar-refractivity contribution in [2.45, 2.75) is 6.42 Å². The Morgan fingerprint density at radius 3 is 2.41 bits per heavy atom. The van der Waals surface area contributed by atoms with Gasteiger partial charge in [-0.05, 0) is 17.6 Å². The topological polar surface area (TPSA) is 81.9 Å². The van der Waals surface area contributed by atoms with Gasteiger partial charge in [0.15, 0.2) is 11.5 Å². The summed E-state index contributed by atoms with van der Waals surface area (Å²) >= 11 is 0. The van der Waals surface area contributed by atoms with Crippen molar-refractivity contribution in [2.24, 2.45) is 0 Å². The van der Waals surface area contributed by atoms with Crippen LogP contribution in [0.1, 0.15) is 22.3 Å². The van der Waals surface area contributed by atoms with Crippen LogP contribution in [-0.4, -0.2) is 42.0 Å². The zero-order valence-corrected chi connectivity index (χ0v) is 14.6. The van der Waals surface area contributed by atoms with Gasteiger partial charge >= 0.3 is 0 Å². The van der Waals surface area contributed by atoms with Crippen LogP contribution in [0, 0.1) is 10.1 Å². The highest BCUT2D eigenvalue weighted by atomic mass is 16.6. The Morgan fingerprint density at radius 1 is 1.07 bits per heavy atom. The van der Waals surface area contributed by atoms with E-state index in [4.69, 9.17) is 9.47 Å². The third kappa shape index (κ3) is 3.36. The lowest BCUT2D eigenvalue weighted by atomic mass is 9.99. The Balaban J connectivity index is 1.60. The average Bonchev–Trinajstić information content (AvgIpc) is 2.73. The number of nitro benzene ring substituents is 1. The van der Waals surface area contributed by atoms with Gasteiger partial charge in [0, 0.05) is 19.2 Å². The number of fused-ring (bicyclic) bond motifs is 1. The van der Waals surface area contributed by atoms with E-state index in [1.165, 1.54) is 17.7 Å². The Labute approximate surface area is 156 Å². The van der Waals surface area contributed by atoms with Gasteiger partial charge in [0.1, 0.15) is 18.8 Å². The van der Waals surface area contributed by atoms with Crippen molar-refractivity contribution in [3.8, 4) is 11.5 Å². The zero-order valence-electron chi connectivity index (χ0n) is 14.6. The van der Waals surface area contributed by atoms with Crippen LogP contribution in [0.25, 0.3) is 5.57 Å². The van der Waals surface area contributed by atoms with Gasteiger partial charge in [0.2, 0.25) is 0 Å². The van der Waals surface area contributed by atoms with Gasteiger partial charge in [-0.25, -0.2) is 0 Å². The molecular formula is C20H18N2O5. The van der Waals surface area contributed by atoms with Gasteiger partial charge < -0.3 is 14.4 Å². The van der Waals surface area contributed by atoms with Crippen LogP contribution in [0.3, 0.4) is 0 Å². The molecular weight excluding hydrogens is 348 g/mol. The summed E-state index contributed by atoms with van der Waals surface area (Å²) in [4.78, 5) is 25.5. The quantitative estimate of drug-likeness (QED) is 0.615. The molecule has 0 saturated carbocycles. The van der Waals surface area contributed by atoms with Crippen LogP contribution in [0.2, 0.25) is 0 Å². The number of hydrogen-bond acceptors (Lipinski definition) is 5. The van der Waals surface area contributed by atoms with Crippen molar-refractivity contribution in [3.05, 3.63) is 69.8 Å². The summed E-state index contributed by atoms with van der Waals surface area (Å²) in [5.74, 6) is 0.296. The number of benzene rings is 2. The standard InChI is InChI=1S/C20H18N2O5/c23-20(21-8-6-15(7-9-21)14-4-2-1-3-5-14)16-12-18-19(27-11-10-26-18)13-17(16)22(24)25/h1-6,12-13H,7-11H2. The number of rotatable bonds is 3. The molecule has 2 heterocycles. The molecule has 2 aromatic carbocycles. The Hall–Kier alpha value is -3.35. The van der Waals surface area contributed by atoms with E-state index in [0.717, 1.165) is 5.56 Å². The minimum atomic E-state index is -0.555. The normalized spacial score (nSPS) is 15.9. The molecule has 2 aliphatic rings. The van der Waals surface area contributed by atoms with Crippen molar-refractivity contribution in [1.29, 1.82) is 0 Å². The molecule has 0 radical (unpaired) electrons. The maximum absolute atomic E-state index is 12.9. The van der Waals surface area contributed by atoms with Crippen LogP contribution in [0.4, 0.5) is 5.69 Å². The Morgan fingerprint density at radius 2 is 1.78 bits per heavy atom. The highest BCUT2D eigenvalue weighted by Crippen LogP contribution is 2.37. The molecule has 0 N–H and O–H groups in total. The fraction of sp³-hybridized carbons (Fsp3) is 0.250. The lowest BCUT2D eigenvalue weighted by molar-refractivity contribution is -0.385. The molecule has 27 heavy (non-hydrogen) atoms. The summed E-state index contributed by atoms with van der Waals surface area (Å²) in [6.07, 6.45) is 2.70. The molecule has 0 fully saturated rings. The third-order valence-electron chi connectivity index (χ3n) is 4.73. The van der Waals surface area contributed by atoms with Crippen molar-refractivity contribution in [1.82, 2.24) is 4.90 Å². The second-order valence-corrected chi connectivity index (χ2v) is 6.37. The fourth-order valence-electron chi connectivity index (χ4n) is 3.34. The minimum Gasteiger partial charge on any atom is -0.486 e. The minimum absolute atomic E-state index is 0.0285. The van der Waals surface area contributed by atoms with Gasteiger partial charge in [0.05, 0.1) is 11.0 Å². The molecule has 2 aromatic rings. The first kappa shape index (κ1) is 17.1. The van der Waals surface area contributed by atoms with Crippen LogP contribution in [-0.2, 0) is 0 Å². The monoisotopic (exact) mass is 366 g/mol. The van der Waals surface area contributed by atoms with E-state index < -0.39 is 4.92 Å². The van der Waals surface area contributed by atoms with Gasteiger partial charge in [-0.3, -0.25) is 14.9 Å². The van der Waals surface area contributed by atoms with Crippen molar-refractivity contribution < 1.29 is 19.2 Å². The molecule has 7 heteroatoms. The number of nitrogens with zero attached hydrogens (tertiary/aromatic N) is 2. The lowest BCUT2D eigenvalue weighted by Crippen LogP contribution is -2.35. The van der Waals surface area contributed by atoms with Crippen LogP contribution in [0.15, 0.2) is 48.5 Å². The first-order valence-electron chi connectivity index (χ1n) is 8.75. The van der Waals surface area contributed by atoms with Gasteiger partial charge in [-0.2, -0.15) is 0 Å². The van der Waals surface area contributed by atoms with E-state index >= 15 is 0 Å². The van der Waals surface area contributed by atoms with Crippen LogP contribution < -0.4 is 9.47 Å². The van der Waals surface area contributed by atoms with Gasteiger partial charge in [-0.15, -0.1) is 0 Å². The summed E-state index contributed by atoms with van der Waals surface area (Å²) < 4.78 is 10.9. The first-order chi connectivity index (χ1) is 13.1. The van der Waals surface area contributed by atoms with Crippen molar-refractivity contribution in [2.75, 3.05) is 26.3 Å². The van der Waals surface area contributed by atoms with E-state index in [2.05, 4.69) is 0 Å². The van der Waals surface area contributed by atoms with Gasteiger partial charge in [-0.1, -0.05) is 36.4 Å². The number of hydrogen-bond donors (Lipinski definition) is 0. The van der Waals surface area contributed by atoms with E-state index in [-0.39, 0.29) is 17.2 Å².